The van der Waals surface area contributed by atoms with Crippen molar-refractivity contribution in [1.82, 2.24) is 15.5 Å². The van der Waals surface area contributed by atoms with Crippen LogP contribution in [0.4, 0.5) is 8.78 Å². The third-order valence-corrected chi connectivity index (χ3v) is 3.69. The van der Waals surface area contributed by atoms with Gasteiger partial charge in [-0.1, -0.05) is 16.8 Å². The molecule has 2 aromatic carbocycles. The fraction of sp³-hybridized carbons (Fsp3) is 0.118. The van der Waals surface area contributed by atoms with Crippen molar-refractivity contribution in [3.8, 4) is 11.4 Å². The monoisotopic (exact) mass is 363 g/mol. The zero-order valence-corrected chi connectivity index (χ0v) is 13.7. The number of aromatic nitrogens is 2. The maximum Gasteiger partial charge on any atom is 0.255 e. The van der Waals surface area contributed by atoms with Crippen molar-refractivity contribution in [3.05, 3.63) is 70.6 Å². The molecule has 5 nitrogen and oxygen atoms in total. The Morgan fingerprint density at radius 1 is 1.20 bits per heavy atom. The van der Waals surface area contributed by atoms with Gasteiger partial charge in [-0.15, -0.1) is 0 Å². The number of nitrogens with zero attached hydrogens (tertiary/aromatic N) is 2. The van der Waals surface area contributed by atoms with Crippen molar-refractivity contribution in [2.24, 2.45) is 0 Å². The minimum Gasteiger partial charge on any atom is -0.340 e. The van der Waals surface area contributed by atoms with Gasteiger partial charge in [0.05, 0.1) is 5.56 Å². The molecule has 0 aliphatic rings. The number of amides is 1. The zero-order valence-electron chi connectivity index (χ0n) is 13.0. The molecule has 1 amide bonds. The average Bonchev–Trinajstić information content (AvgIpc) is 3.07. The van der Waals surface area contributed by atoms with E-state index >= 15 is 0 Å². The molecule has 0 aliphatic carbocycles. The Kier molecular flexibility index (Phi) is 4.76. The summed E-state index contributed by atoms with van der Waals surface area (Å²) in [6, 6.07) is 8.78. The van der Waals surface area contributed by atoms with Gasteiger partial charge in [-0.3, -0.25) is 4.79 Å². The predicted molar refractivity (Wildman–Crippen MR) is 87.0 cm³/mol. The van der Waals surface area contributed by atoms with Gasteiger partial charge < -0.3 is 9.84 Å². The summed E-state index contributed by atoms with van der Waals surface area (Å²) in [5, 5.41) is 6.90. The molecule has 0 saturated heterocycles. The minimum atomic E-state index is -0.821. The molecule has 1 heterocycles. The maximum absolute atomic E-state index is 13.6. The van der Waals surface area contributed by atoms with Crippen molar-refractivity contribution in [2.75, 3.05) is 0 Å². The topological polar surface area (TPSA) is 68.0 Å². The molecule has 0 spiro atoms. The van der Waals surface area contributed by atoms with Crippen molar-refractivity contribution in [1.29, 1.82) is 0 Å². The van der Waals surface area contributed by atoms with Gasteiger partial charge in [0, 0.05) is 10.6 Å². The summed E-state index contributed by atoms with van der Waals surface area (Å²) < 4.78 is 32.0. The normalized spacial score (nSPS) is 12.0. The molecule has 1 atom stereocenters. The Balaban J connectivity index is 1.75. The summed E-state index contributed by atoms with van der Waals surface area (Å²) in [7, 11) is 0. The summed E-state index contributed by atoms with van der Waals surface area (Å²) in [5.74, 6) is -1.85. The van der Waals surface area contributed by atoms with Gasteiger partial charge in [-0.25, -0.2) is 8.78 Å². The lowest BCUT2D eigenvalue weighted by molar-refractivity contribution is 0.0928. The SMILES string of the molecule is C[C@H](NC(=O)c1cc(F)ccc1F)c1nc(-c2ccc(Cl)cc2)no1. The number of rotatable bonds is 4. The Bertz CT molecular complexity index is 913. The van der Waals surface area contributed by atoms with Crippen LogP contribution < -0.4 is 5.32 Å². The zero-order chi connectivity index (χ0) is 18.0. The first kappa shape index (κ1) is 17.0. The number of carbonyl (C=O) groups is 1. The van der Waals surface area contributed by atoms with Gasteiger partial charge in [0.1, 0.15) is 17.7 Å². The Labute approximate surface area is 146 Å². The molecule has 0 radical (unpaired) electrons. The molecule has 8 heteroatoms. The van der Waals surface area contributed by atoms with E-state index in [9.17, 15) is 13.6 Å². The number of hydrogen-bond acceptors (Lipinski definition) is 4. The smallest absolute Gasteiger partial charge is 0.255 e. The largest absolute Gasteiger partial charge is 0.340 e. The third kappa shape index (κ3) is 3.83. The van der Waals surface area contributed by atoms with Gasteiger partial charge in [-0.05, 0) is 49.4 Å². The lowest BCUT2D eigenvalue weighted by atomic mass is 10.2. The number of benzene rings is 2. The minimum absolute atomic E-state index is 0.134. The Morgan fingerprint density at radius 3 is 2.64 bits per heavy atom. The second-order valence-corrected chi connectivity index (χ2v) is 5.72. The van der Waals surface area contributed by atoms with Crippen molar-refractivity contribution < 1.29 is 18.1 Å². The van der Waals surface area contributed by atoms with Gasteiger partial charge in [-0.2, -0.15) is 4.98 Å². The maximum atomic E-state index is 13.6. The fourth-order valence-electron chi connectivity index (χ4n) is 2.13. The quantitative estimate of drug-likeness (QED) is 0.755. The fourth-order valence-corrected chi connectivity index (χ4v) is 2.26. The van der Waals surface area contributed by atoms with Gasteiger partial charge in [0.15, 0.2) is 0 Å². The van der Waals surface area contributed by atoms with E-state index in [4.69, 9.17) is 16.1 Å². The predicted octanol–water partition coefficient (Wildman–Crippen LogP) is 4.16. The number of carbonyl (C=O) groups excluding carboxylic acids is 1. The highest BCUT2D eigenvalue weighted by Gasteiger charge is 2.20. The molecule has 3 aromatic rings. The lowest BCUT2D eigenvalue weighted by Crippen LogP contribution is -2.27. The first-order valence-electron chi connectivity index (χ1n) is 7.29. The summed E-state index contributed by atoms with van der Waals surface area (Å²) in [5.41, 5.74) is 0.290. The summed E-state index contributed by atoms with van der Waals surface area (Å²) >= 11 is 5.83. The van der Waals surface area contributed by atoms with Crippen LogP contribution in [0.1, 0.15) is 29.2 Å². The first-order valence-corrected chi connectivity index (χ1v) is 7.67. The molecular formula is C17H12ClF2N3O2. The number of nitrogens with one attached hydrogen (secondary N) is 1. The molecule has 0 saturated carbocycles. The molecule has 128 valence electrons. The van der Waals surface area contributed by atoms with Crippen LogP contribution in [0.5, 0.6) is 0 Å². The third-order valence-electron chi connectivity index (χ3n) is 3.44. The van der Waals surface area contributed by atoms with Crippen molar-refractivity contribution >= 4 is 17.5 Å². The molecular weight excluding hydrogens is 352 g/mol. The van der Waals surface area contributed by atoms with Crippen LogP contribution in [0.25, 0.3) is 11.4 Å². The van der Waals surface area contributed by atoms with Crippen LogP contribution in [0.3, 0.4) is 0 Å². The Morgan fingerprint density at radius 2 is 1.92 bits per heavy atom. The van der Waals surface area contributed by atoms with E-state index in [1.54, 1.807) is 31.2 Å². The van der Waals surface area contributed by atoms with Crippen LogP contribution in [0, 0.1) is 11.6 Å². The van der Waals surface area contributed by atoms with Crippen LogP contribution in [0.2, 0.25) is 5.02 Å². The first-order chi connectivity index (χ1) is 11.9. The lowest BCUT2D eigenvalue weighted by Gasteiger charge is -2.10. The van der Waals surface area contributed by atoms with E-state index in [1.165, 1.54) is 0 Å². The van der Waals surface area contributed by atoms with E-state index in [2.05, 4.69) is 15.5 Å². The van der Waals surface area contributed by atoms with E-state index < -0.39 is 29.1 Å². The second kappa shape index (κ2) is 6.98. The molecule has 0 unspecified atom stereocenters. The van der Waals surface area contributed by atoms with Crippen molar-refractivity contribution in [2.45, 2.75) is 13.0 Å². The highest BCUT2D eigenvalue weighted by molar-refractivity contribution is 6.30. The van der Waals surface area contributed by atoms with Crippen molar-refractivity contribution in [3.63, 3.8) is 0 Å². The van der Waals surface area contributed by atoms with Gasteiger partial charge >= 0.3 is 0 Å². The van der Waals surface area contributed by atoms with Crippen LogP contribution in [-0.2, 0) is 0 Å². The average molecular weight is 364 g/mol. The summed E-state index contributed by atoms with van der Waals surface area (Å²) in [6.07, 6.45) is 0. The summed E-state index contributed by atoms with van der Waals surface area (Å²) in [4.78, 5) is 16.3. The molecule has 1 aromatic heterocycles. The standard InChI is InChI=1S/C17H12ClF2N3O2/c1-9(21-16(24)13-8-12(19)6-7-14(13)20)17-22-15(23-25-17)10-2-4-11(18)5-3-10/h2-9H,1H3,(H,21,24)/t9-/m0/s1. The Hall–Kier alpha value is -2.80. The second-order valence-electron chi connectivity index (χ2n) is 5.28. The number of halogens is 3. The highest BCUT2D eigenvalue weighted by atomic mass is 35.5. The highest BCUT2D eigenvalue weighted by Crippen LogP contribution is 2.21. The molecule has 0 fully saturated rings. The van der Waals surface area contributed by atoms with Crippen LogP contribution in [-0.4, -0.2) is 16.0 Å². The molecule has 3 rings (SSSR count). The van der Waals surface area contributed by atoms with E-state index in [-0.39, 0.29) is 5.89 Å². The number of hydrogen-bond donors (Lipinski definition) is 1. The van der Waals surface area contributed by atoms with Gasteiger partial charge in [0.25, 0.3) is 5.91 Å². The molecule has 0 bridgehead atoms. The van der Waals surface area contributed by atoms with Gasteiger partial charge in [0.2, 0.25) is 11.7 Å². The van der Waals surface area contributed by atoms with E-state index in [0.717, 1.165) is 18.2 Å². The summed E-state index contributed by atoms with van der Waals surface area (Å²) in [6.45, 7) is 1.59. The molecule has 25 heavy (non-hydrogen) atoms. The van der Waals surface area contributed by atoms with E-state index in [1.807, 2.05) is 0 Å². The molecule has 0 aliphatic heterocycles. The van der Waals surface area contributed by atoms with E-state index in [0.29, 0.717) is 16.4 Å². The molecule has 1 N–H and O–H groups in total. The van der Waals surface area contributed by atoms with Crippen LogP contribution >= 0.6 is 11.6 Å². The van der Waals surface area contributed by atoms with Crippen LogP contribution in [0.15, 0.2) is 47.0 Å².